The van der Waals surface area contributed by atoms with Crippen LogP contribution in [0.25, 0.3) is 0 Å². The Labute approximate surface area is 106 Å². The van der Waals surface area contributed by atoms with E-state index >= 15 is 0 Å². The van der Waals surface area contributed by atoms with Gasteiger partial charge < -0.3 is 4.74 Å². The van der Waals surface area contributed by atoms with Crippen LogP contribution in [0.3, 0.4) is 0 Å². The molecule has 0 aliphatic rings. The van der Waals surface area contributed by atoms with Gasteiger partial charge in [-0.05, 0) is 13.8 Å². The zero-order chi connectivity index (χ0) is 14.2. The first-order chi connectivity index (χ1) is 7.59. The normalized spacial score (nSPS) is 10.6. The molecule has 0 aliphatic carbocycles. The van der Waals surface area contributed by atoms with Crippen LogP contribution in [-0.4, -0.2) is 17.9 Å². The Balaban J connectivity index is 0. The van der Waals surface area contributed by atoms with Crippen LogP contribution in [-0.2, 0) is 14.3 Å². The summed E-state index contributed by atoms with van der Waals surface area (Å²) in [4.78, 5) is 21.6. The van der Waals surface area contributed by atoms with Crippen molar-refractivity contribution < 1.29 is 14.3 Å². The summed E-state index contributed by atoms with van der Waals surface area (Å²) in [5.74, 6) is 0.632. The van der Waals surface area contributed by atoms with E-state index < -0.39 is 0 Å². The first kappa shape index (κ1) is 18.5. The van der Waals surface area contributed by atoms with Gasteiger partial charge in [-0.3, -0.25) is 9.59 Å². The van der Waals surface area contributed by atoms with E-state index in [0.717, 1.165) is 0 Å². The average molecular weight is 244 g/mol. The van der Waals surface area contributed by atoms with Gasteiger partial charge in [-0.2, -0.15) is 0 Å². The summed E-state index contributed by atoms with van der Waals surface area (Å²) in [5.41, 5.74) is 0. The summed E-state index contributed by atoms with van der Waals surface area (Å²) < 4.78 is 4.87. The molecule has 0 spiro atoms. The van der Waals surface area contributed by atoms with Crippen molar-refractivity contribution in [2.75, 3.05) is 0 Å². The molecule has 0 aromatic carbocycles. The first-order valence-corrected chi connectivity index (χ1v) is 6.33. The number of rotatable bonds is 4. The van der Waals surface area contributed by atoms with E-state index in [9.17, 15) is 9.59 Å². The van der Waals surface area contributed by atoms with E-state index in [1.54, 1.807) is 0 Å². The second kappa shape index (κ2) is 9.20. The fourth-order valence-electron chi connectivity index (χ4n) is 1.04. The summed E-state index contributed by atoms with van der Waals surface area (Å²) >= 11 is 0. The minimum Gasteiger partial charge on any atom is -0.463 e. The number of ether oxygens (including phenoxy) is 1. The Kier molecular flexibility index (Phi) is 10.0. The molecule has 0 bridgehead atoms. The monoisotopic (exact) mass is 244 g/mol. The minimum absolute atomic E-state index is 0.00704. The van der Waals surface area contributed by atoms with Gasteiger partial charge in [0.25, 0.3) is 0 Å². The van der Waals surface area contributed by atoms with Crippen LogP contribution in [0.5, 0.6) is 0 Å². The molecule has 0 aromatic heterocycles. The lowest BCUT2D eigenvalue weighted by atomic mass is 9.99. The topological polar surface area (TPSA) is 43.4 Å². The number of hydrogen-bond donors (Lipinski definition) is 0. The van der Waals surface area contributed by atoms with E-state index in [1.807, 2.05) is 55.4 Å². The molecule has 0 saturated heterocycles. The van der Waals surface area contributed by atoms with Crippen LogP contribution < -0.4 is 0 Å². The van der Waals surface area contributed by atoms with Crippen LogP contribution in [0, 0.1) is 17.8 Å². The maximum absolute atomic E-state index is 10.8. The van der Waals surface area contributed by atoms with Gasteiger partial charge in [-0.1, -0.05) is 41.5 Å². The van der Waals surface area contributed by atoms with Crippen molar-refractivity contribution in [3.63, 3.8) is 0 Å². The standard InChI is InChI=1S/C7H14O2.C7H14O/c1-5(2)7(8)9-6(3)4;1-5(2)7(8)6(3)4/h5-6H,1-4H3;5-6H,1-4H3. The predicted molar refractivity (Wildman–Crippen MR) is 70.7 cm³/mol. The van der Waals surface area contributed by atoms with E-state index in [1.165, 1.54) is 0 Å². The zero-order valence-electron chi connectivity index (χ0n) is 12.5. The highest BCUT2D eigenvalue weighted by atomic mass is 16.5. The highest BCUT2D eigenvalue weighted by Gasteiger charge is 2.10. The average Bonchev–Trinajstić information content (AvgIpc) is 2.15. The third-order valence-corrected chi connectivity index (χ3v) is 1.96. The molecular weight excluding hydrogens is 216 g/mol. The first-order valence-electron chi connectivity index (χ1n) is 6.33. The summed E-state index contributed by atoms with van der Waals surface area (Å²) in [7, 11) is 0. The molecule has 3 nitrogen and oxygen atoms in total. The number of Topliss-reactive ketones (excluding diaryl/α,β-unsaturated/α-hetero) is 1. The highest BCUT2D eigenvalue weighted by Crippen LogP contribution is 2.03. The number of carbonyl (C=O) groups excluding carboxylic acids is 2. The highest BCUT2D eigenvalue weighted by molar-refractivity contribution is 5.81. The Morgan fingerprint density at radius 3 is 1.12 bits per heavy atom. The summed E-state index contributed by atoms with van der Waals surface area (Å²) in [6, 6.07) is 0. The molecule has 0 unspecified atom stereocenters. The van der Waals surface area contributed by atoms with Gasteiger partial charge in [0.1, 0.15) is 5.78 Å². The van der Waals surface area contributed by atoms with Crippen LogP contribution in [0.1, 0.15) is 55.4 Å². The number of esters is 1. The molecule has 3 heteroatoms. The molecule has 0 N–H and O–H groups in total. The van der Waals surface area contributed by atoms with Crippen molar-refractivity contribution >= 4 is 11.8 Å². The lowest BCUT2D eigenvalue weighted by molar-refractivity contribution is -0.151. The van der Waals surface area contributed by atoms with Gasteiger partial charge in [-0.25, -0.2) is 0 Å². The molecule has 0 heterocycles. The second-order valence-corrected chi connectivity index (χ2v) is 5.35. The van der Waals surface area contributed by atoms with Crippen molar-refractivity contribution in [1.82, 2.24) is 0 Å². The van der Waals surface area contributed by atoms with Gasteiger partial charge in [0, 0.05) is 11.8 Å². The number of hydrogen-bond acceptors (Lipinski definition) is 3. The summed E-state index contributed by atoms with van der Waals surface area (Å²) in [6.45, 7) is 15.1. The van der Waals surface area contributed by atoms with E-state index in [0.29, 0.717) is 5.78 Å². The van der Waals surface area contributed by atoms with Crippen molar-refractivity contribution in [2.45, 2.75) is 61.5 Å². The molecule has 17 heavy (non-hydrogen) atoms. The molecule has 0 atom stereocenters. The van der Waals surface area contributed by atoms with Gasteiger partial charge in [0.2, 0.25) is 0 Å². The van der Waals surface area contributed by atoms with Crippen LogP contribution >= 0.6 is 0 Å². The predicted octanol–water partition coefficient (Wildman–Crippen LogP) is 3.46. The van der Waals surface area contributed by atoms with E-state index in [-0.39, 0.29) is 29.8 Å². The maximum atomic E-state index is 10.8. The molecule has 0 aromatic rings. The smallest absolute Gasteiger partial charge is 0.308 e. The number of ketones is 1. The Morgan fingerprint density at radius 2 is 1.06 bits per heavy atom. The summed E-state index contributed by atoms with van der Waals surface area (Å²) in [6.07, 6.45) is 0.0138. The van der Waals surface area contributed by atoms with Crippen LogP contribution in [0.2, 0.25) is 0 Å². The Bertz CT molecular complexity index is 218. The fraction of sp³-hybridized carbons (Fsp3) is 0.857. The van der Waals surface area contributed by atoms with E-state index in [4.69, 9.17) is 4.74 Å². The van der Waals surface area contributed by atoms with Crippen molar-refractivity contribution in [2.24, 2.45) is 17.8 Å². The third-order valence-electron chi connectivity index (χ3n) is 1.96. The van der Waals surface area contributed by atoms with Gasteiger partial charge in [-0.15, -0.1) is 0 Å². The Hall–Kier alpha value is -0.860. The van der Waals surface area contributed by atoms with Crippen LogP contribution in [0.15, 0.2) is 0 Å². The molecule has 102 valence electrons. The lowest BCUT2D eigenvalue weighted by Gasteiger charge is -2.08. The molecule has 0 amide bonds. The van der Waals surface area contributed by atoms with Gasteiger partial charge >= 0.3 is 5.97 Å². The zero-order valence-corrected chi connectivity index (χ0v) is 12.5. The van der Waals surface area contributed by atoms with Gasteiger partial charge in [0.05, 0.1) is 12.0 Å². The molecule has 0 aliphatic heterocycles. The van der Waals surface area contributed by atoms with Crippen molar-refractivity contribution in [3.8, 4) is 0 Å². The maximum Gasteiger partial charge on any atom is 0.308 e. The molecule has 0 fully saturated rings. The minimum atomic E-state index is -0.120. The molecule has 0 saturated carbocycles. The fourth-order valence-corrected chi connectivity index (χ4v) is 1.04. The van der Waals surface area contributed by atoms with Crippen molar-refractivity contribution in [1.29, 1.82) is 0 Å². The quantitative estimate of drug-likeness (QED) is 0.711. The second-order valence-electron chi connectivity index (χ2n) is 5.35. The van der Waals surface area contributed by atoms with E-state index in [2.05, 4.69) is 0 Å². The number of carbonyl (C=O) groups is 2. The largest absolute Gasteiger partial charge is 0.463 e. The third kappa shape index (κ3) is 11.4. The summed E-state index contributed by atoms with van der Waals surface area (Å²) in [5, 5.41) is 0. The van der Waals surface area contributed by atoms with Crippen molar-refractivity contribution in [3.05, 3.63) is 0 Å². The SMILES string of the molecule is CC(C)C(=O)C(C)C.CC(C)OC(=O)C(C)C. The lowest BCUT2D eigenvalue weighted by Crippen LogP contribution is -2.16. The molecule has 0 radical (unpaired) electrons. The molecular formula is C14H28O3. The Morgan fingerprint density at radius 1 is 0.706 bits per heavy atom. The van der Waals surface area contributed by atoms with Crippen LogP contribution in [0.4, 0.5) is 0 Å². The molecule has 0 rings (SSSR count). The van der Waals surface area contributed by atoms with Gasteiger partial charge in [0.15, 0.2) is 0 Å².